The lowest BCUT2D eigenvalue weighted by Gasteiger charge is -2.28. The molecule has 3 amide bonds. The van der Waals surface area contributed by atoms with Crippen LogP contribution < -0.4 is 26.2 Å². The van der Waals surface area contributed by atoms with Gasteiger partial charge in [0.05, 0.1) is 18.2 Å². The van der Waals surface area contributed by atoms with Crippen molar-refractivity contribution >= 4 is 29.1 Å². The topological polar surface area (TPSA) is 123 Å². The van der Waals surface area contributed by atoms with Gasteiger partial charge in [0.15, 0.2) is 0 Å². The molecule has 3 atom stereocenters. The van der Waals surface area contributed by atoms with Crippen molar-refractivity contribution in [3.05, 3.63) is 59.7 Å². The third kappa shape index (κ3) is 9.79. The van der Waals surface area contributed by atoms with E-state index in [9.17, 15) is 19.5 Å². The third-order valence-corrected chi connectivity index (χ3v) is 8.34. The van der Waals surface area contributed by atoms with Crippen LogP contribution in [-0.4, -0.2) is 66.7 Å². The van der Waals surface area contributed by atoms with E-state index < -0.39 is 18.2 Å². The summed E-state index contributed by atoms with van der Waals surface area (Å²) in [5.74, 6) is 0.0541. The van der Waals surface area contributed by atoms with Crippen molar-refractivity contribution in [2.24, 2.45) is 5.92 Å². The number of hydrogen-bond acceptors (Lipinski definition) is 6. The monoisotopic (exact) mass is 591 g/mol. The summed E-state index contributed by atoms with van der Waals surface area (Å²) in [4.78, 5) is 40.8. The maximum Gasteiger partial charge on any atom is 0.251 e. The second-order valence-corrected chi connectivity index (χ2v) is 12.5. The van der Waals surface area contributed by atoms with E-state index in [2.05, 4.69) is 35.1 Å². The Morgan fingerprint density at radius 2 is 1.72 bits per heavy atom. The fourth-order valence-corrected chi connectivity index (χ4v) is 5.75. The molecule has 234 valence electrons. The van der Waals surface area contributed by atoms with Crippen molar-refractivity contribution in [2.45, 2.75) is 96.4 Å². The van der Waals surface area contributed by atoms with E-state index in [-0.39, 0.29) is 30.3 Å². The molecule has 0 aromatic heterocycles. The Morgan fingerprint density at radius 1 is 0.977 bits per heavy atom. The van der Waals surface area contributed by atoms with Crippen LogP contribution in [0.3, 0.4) is 0 Å². The largest absolute Gasteiger partial charge is 0.390 e. The minimum Gasteiger partial charge on any atom is -0.390 e. The van der Waals surface area contributed by atoms with Gasteiger partial charge in [-0.2, -0.15) is 0 Å². The predicted molar refractivity (Wildman–Crippen MR) is 171 cm³/mol. The van der Waals surface area contributed by atoms with E-state index in [1.807, 2.05) is 36.4 Å². The summed E-state index contributed by atoms with van der Waals surface area (Å²) in [6.07, 6.45) is 6.27. The van der Waals surface area contributed by atoms with Gasteiger partial charge < -0.3 is 31.3 Å². The van der Waals surface area contributed by atoms with Gasteiger partial charge >= 0.3 is 0 Å². The second-order valence-electron chi connectivity index (χ2n) is 12.5. The van der Waals surface area contributed by atoms with Gasteiger partial charge in [0.1, 0.15) is 0 Å². The smallest absolute Gasteiger partial charge is 0.251 e. The Morgan fingerprint density at radius 3 is 2.40 bits per heavy atom. The lowest BCUT2D eigenvalue weighted by Crippen LogP contribution is -2.53. The molecule has 1 heterocycles. The highest BCUT2D eigenvalue weighted by molar-refractivity contribution is 6.00. The molecule has 0 bridgehead atoms. The maximum absolute atomic E-state index is 13.7. The lowest BCUT2D eigenvalue weighted by atomic mass is 9.95. The number of hydrogen-bond donors (Lipinski definition) is 5. The summed E-state index contributed by atoms with van der Waals surface area (Å²) >= 11 is 0. The third-order valence-electron chi connectivity index (χ3n) is 8.34. The quantitative estimate of drug-likeness (QED) is 0.226. The van der Waals surface area contributed by atoms with E-state index in [1.165, 1.54) is 6.42 Å². The molecule has 2 aromatic rings. The lowest BCUT2D eigenvalue weighted by molar-refractivity contribution is -0.123. The first-order valence-corrected chi connectivity index (χ1v) is 16.0. The first-order chi connectivity index (χ1) is 20.7. The number of amides is 3. The molecule has 2 fully saturated rings. The summed E-state index contributed by atoms with van der Waals surface area (Å²) in [5, 5.41) is 24.1. The summed E-state index contributed by atoms with van der Waals surface area (Å²) in [7, 11) is 0. The van der Waals surface area contributed by atoms with Gasteiger partial charge in [-0.3, -0.25) is 14.4 Å². The number of aliphatic hydroxyl groups excluding tert-OH is 1. The van der Waals surface area contributed by atoms with Gasteiger partial charge in [0.25, 0.3) is 5.91 Å². The Kier molecular flexibility index (Phi) is 12.0. The number of anilines is 2. The first kappa shape index (κ1) is 32.5. The number of benzene rings is 2. The Balaban J connectivity index is 1.47. The van der Waals surface area contributed by atoms with E-state index in [4.69, 9.17) is 0 Å². The van der Waals surface area contributed by atoms with Crippen molar-refractivity contribution in [3.8, 4) is 0 Å². The molecule has 9 heteroatoms. The van der Waals surface area contributed by atoms with E-state index >= 15 is 0 Å². The molecule has 0 spiro atoms. The summed E-state index contributed by atoms with van der Waals surface area (Å²) < 4.78 is 0. The molecule has 1 saturated heterocycles. The first-order valence-electron chi connectivity index (χ1n) is 16.0. The van der Waals surface area contributed by atoms with Gasteiger partial charge in [-0.1, -0.05) is 63.4 Å². The molecule has 2 aliphatic rings. The zero-order valence-corrected chi connectivity index (χ0v) is 25.9. The van der Waals surface area contributed by atoms with Crippen LogP contribution >= 0.6 is 0 Å². The number of nitrogens with one attached hydrogen (secondary N) is 4. The molecule has 1 aliphatic heterocycles. The van der Waals surface area contributed by atoms with Crippen LogP contribution in [0, 0.1) is 5.92 Å². The standard InChI is InChI=1S/C34H49N5O4/c1-23(2)21-36-28-18-26(19-29(20-28)39-16-10-15-32(39)41)34(43)38-30(17-25-11-6-4-7-12-25)31(40)22-35-24(3)33(42)37-27-13-8-5-9-14-27/h4,6-7,11-12,18-20,23-24,27,30-31,35-36,40H,5,8-10,13-17,21-22H2,1-3H3,(H,37,42)(H,38,43)/t24-,30-,31+/m0/s1. The van der Waals surface area contributed by atoms with Crippen molar-refractivity contribution < 1.29 is 19.5 Å². The fourth-order valence-electron chi connectivity index (χ4n) is 5.75. The van der Waals surface area contributed by atoms with Gasteiger partial charge in [0, 0.05) is 49.0 Å². The molecule has 1 saturated carbocycles. The van der Waals surface area contributed by atoms with Gasteiger partial charge in [-0.25, -0.2) is 0 Å². The fraction of sp³-hybridized carbons (Fsp3) is 0.559. The SMILES string of the molecule is CC(C)CNc1cc(C(=O)N[C@@H](Cc2ccccc2)[C@H](O)CN[C@@H](C)C(=O)NC2CCCCC2)cc(N2CCCC2=O)c1. The number of nitrogens with zero attached hydrogens (tertiary/aromatic N) is 1. The van der Waals surface area contributed by atoms with Gasteiger partial charge in [0.2, 0.25) is 11.8 Å². The normalized spacial score (nSPS) is 17.9. The van der Waals surface area contributed by atoms with Crippen LogP contribution in [0.25, 0.3) is 0 Å². The van der Waals surface area contributed by atoms with Crippen LogP contribution in [0.5, 0.6) is 0 Å². The highest BCUT2D eigenvalue weighted by Crippen LogP contribution is 2.27. The molecular weight excluding hydrogens is 542 g/mol. The summed E-state index contributed by atoms with van der Waals surface area (Å²) in [6, 6.07) is 14.3. The minimum absolute atomic E-state index is 0.0532. The maximum atomic E-state index is 13.7. The highest BCUT2D eigenvalue weighted by Gasteiger charge is 2.27. The number of rotatable bonds is 14. The summed E-state index contributed by atoms with van der Waals surface area (Å²) in [6.45, 7) is 7.51. The Bertz CT molecular complexity index is 1210. The highest BCUT2D eigenvalue weighted by atomic mass is 16.3. The van der Waals surface area contributed by atoms with Crippen LogP contribution in [0.1, 0.15) is 81.6 Å². The predicted octanol–water partition coefficient (Wildman–Crippen LogP) is 4.01. The second kappa shape index (κ2) is 15.9. The van der Waals surface area contributed by atoms with Crippen LogP contribution in [0.4, 0.5) is 11.4 Å². The van der Waals surface area contributed by atoms with E-state index in [0.717, 1.165) is 49.9 Å². The molecule has 0 unspecified atom stereocenters. The molecular formula is C34H49N5O4. The molecule has 43 heavy (non-hydrogen) atoms. The molecule has 4 rings (SSSR count). The van der Waals surface area contributed by atoms with Crippen molar-refractivity contribution in [3.63, 3.8) is 0 Å². The van der Waals surface area contributed by atoms with Gasteiger partial charge in [-0.05, 0) is 62.3 Å². The van der Waals surface area contributed by atoms with Crippen molar-refractivity contribution in [2.75, 3.05) is 29.9 Å². The van der Waals surface area contributed by atoms with E-state index in [1.54, 1.807) is 24.0 Å². The van der Waals surface area contributed by atoms with Crippen molar-refractivity contribution in [1.29, 1.82) is 0 Å². The number of aliphatic hydroxyl groups is 1. The molecule has 1 aliphatic carbocycles. The zero-order valence-electron chi connectivity index (χ0n) is 25.9. The minimum atomic E-state index is -0.948. The summed E-state index contributed by atoms with van der Waals surface area (Å²) in [5.41, 5.74) is 2.87. The van der Waals surface area contributed by atoms with E-state index in [0.29, 0.717) is 36.6 Å². The average Bonchev–Trinajstić information content (AvgIpc) is 3.44. The molecule has 2 aromatic carbocycles. The van der Waals surface area contributed by atoms with Crippen LogP contribution in [0.15, 0.2) is 48.5 Å². The molecule has 9 nitrogen and oxygen atoms in total. The number of carbonyl (C=O) groups is 3. The zero-order chi connectivity index (χ0) is 30.8. The molecule has 5 N–H and O–H groups in total. The average molecular weight is 592 g/mol. The molecule has 0 radical (unpaired) electrons. The van der Waals surface area contributed by atoms with Crippen molar-refractivity contribution in [1.82, 2.24) is 16.0 Å². The Hall–Kier alpha value is -3.43. The van der Waals surface area contributed by atoms with Gasteiger partial charge in [-0.15, -0.1) is 0 Å². The Labute approximate surface area is 256 Å². The van der Waals surface area contributed by atoms with Crippen LogP contribution in [-0.2, 0) is 16.0 Å². The van der Waals surface area contributed by atoms with Crippen LogP contribution in [0.2, 0.25) is 0 Å². The number of carbonyl (C=O) groups excluding carboxylic acids is 3.